The molecule has 0 aliphatic heterocycles. The van der Waals surface area contributed by atoms with Crippen LogP contribution in [0.25, 0.3) is 11.7 Å². The first-order chi connectivity index (χ1) is 10.2. The number of aromatic nitrogens is 3. The fourth-order valence-corrected chi connectivity index (χ4v) is 1.72. The van der Waals surface area contributed by atoms with E-state index < -0.39 is 6.03 Å². The minimum atomic E-state index is -0.713. The maximum Gasteiger partial charge on any atom is 0.327 e. The first kappa shape index (κ1) is 12.9. The van der Waals surface area contributed by atoms with Gasteiger partial charge >= 0.3 is 12.0 Å². The summed E-state index contributed by atoms with van der Waals surface area (Å²) in [7, 11) is 0. The molecule has 3 aromatic heterocycles. The molecule has 0 saturated heterocycles. The summed E-state index contributed by atoms with van der Waals surface area (Å²) < 4.78 is 10.6. The van der Waals surface area contributed by atoms with Crippen molar-refractivity contribution in [3.05, 3.63) is 48.5 Å². The third-order valence-corrected chi connectivity index (χ3v) is 2.69. The molecule has 0 unspecified atom stereocenters. The standard InChI is InChI=1S/C13H11N5O3/c14-12(19)18(8-9-4-1-2-6-15-9)13-17-16-11(21-13)10-5-3-7-20-10/h1-7H,8H2,(H2,14,19). The Morgan fingerprint density at radius 3 is 2.81 bits per heavy atom. The fraction of sp³-hybridized carbons (Fsp3) is 0.0769. The predicted octanol–water partition coefficient (Wildman–Crippen LogP) is 1.81. The number of hydrogen-bond donors (Lipinski definition) is 1. The van der Waals surface area contributed by atoms with Crippen LogP contribution in [-0.2, 0) is 6.54 Å². The molecule has 3 heterocycles. The van der Waals surface area contributed by atoms with Crippen LogP contribution in [0.1, 0.15) is 5.69 Å². The number of anilines is 1. The van der Waals surface area contributed by atoms with Gasteiger partial charge in [0.1, 0.15) is 0 Å². The summed E-state index contributed by atoms with van der Waals surface area (Å²) in [4.78, 5) is 16.8. The van der Waals surface area contributed by atoms with Crippen molar-refractivity contribution in [1.29, 1.82) is 0 Å². The number of amides is 2. The van der Waals surface area contributed by atoms with Crippen molar-refractivity contribution in [2.24, 2.45) is 5.73 Å². The van der Waals surface area contributed by atoms with Gasteiger partial charge in [0.2, 0.25) is 0 Å². The van der Waals surface area contributed by atoms with Gasteiger partial charge in [-0.05, 0) is 24.3 Å². The lowest BCUT2D eigenvalue weighted by Crippen LogP contribution is -2.35. The van der Waals surface area contributed by atoms with Crippen LogP contribution in [0.4, 0.5) is 10.8 Å². The molecule has 0 aliphatic carbocycles. The normalized spacial score (nSPS) is 10.5. The average Bonchev–Trinajstić information content (AvgIpc) is 3.16. The van der Waals surface area contributed by atoms with Gasteiger partial charge in [-0.1, -0.05) is 11.2 Å². The molecule has 0 saturated carbocycles. The van der Waals surface area contributed by atoms with Gasteiger partial charge in [0.25, 0.3) is 5.89 Å². The van der Waals surface area contributed by atoms with Gasteiger partial charge in [-0.2, -0.15) is 0 Å². The molecule has 0 radical (unpaired) electrons. The Kier molecular flexibility index (Phi) is 3.34. The number of rotatable bonds is 4. The number of carbonyl (C=O) groups is 1. The summed E-state index contributed by atoms with van der Waals surface area (Å²) in [6.07, 6.45) is 3.11. The van der Waals surface area contributed by atoms with Crippen molar-refractivity contribution >= 4 is 12.0 Å². The van der Waals surface area contributed by atoms with Crippen LogP contribution in [-0.4, -0.2) is 21.2 Å². The highest BCUT2D eigenvalue weighted by Crippen LogP contribution is 2.22. The average molecular weight is 285 g/mol. The van der Waals surface area contributed by atoms with E-state index in [2.05, 4.69) is 15.2 Å². The van der Waals surface area contributed by atoms with Crippen LogP contribution in [0.3, 0.4) is 0 Å². The number of urea groups is 1. The second-order valence-electron chi connectivity index (χ2n) is 4.11. The maximum absolute atomic E-state index is 11.6. The topological polar surface area (TPSA) is 111 Å². The Morgan fingerprint density at radius 1 is 1.24 bits per heavy atom. The van der Waals surface area contributed by atoms with Gasteiger partial charge < -0.3 is 14.6 Å². The Morgan fingerprint density at radius 2 is 2.14 bits per heavy atom. The third kappa shape index (κ3) is 2.73. The molecule has 8 heteroatoms. The van der Waals surface area contributed by atoms with Gasteiger partial charge in [-0.15, -0.1) is 5.10 Å². The van der Waals surface area contributed by atoms with Gasteiger partial charge in [0.15, 0.2) is 5.76 Å². The van der Waals surface area contributed by atoms with Crippen LogP contribution >= 0.6 is 0 Å². The predicted molar refractivity (Wildman–Crippen MR) is 72.0 cm³/mol. The molecule has 2 N–H and O–H groups in total. The molecule has 3 rings (SSSR count). The summed E-state index contributed by atoms with van der Waals surface area (Å²) in [6.45, 7) is 0.135. The fourth-order valence-electron chi connectivity index (χ4n) is 1.72. The van der Waals surface area contributed by atoms with E-state index in [1.165, 1.54) is 6.26 Å². The van der Waals surface area contributed by atoms with E-state index in [-0.39, 0.29) is 18.5 Å². The lowest BCUT2D eigenvalue weighted by molar-refractivity contribution is 0.252. The summed E-state index contributed by atoms with van der Waals surface area (Å²) in [6, 6.07) is 7.99. The second-order valence-corrected chi connectivity index (χ2v) is 4.11. The molecule has 21 heavy (non-hydrogen) atoms. The van der Waals surface area contributed by atoms with Gasteiger partial charge in [0.05, 0.1) is 18.5 Å². The summed E-state index contributed by atoms with van der Waals surface area (Å²) in [5, 5.41) is 7.63. The van der Waals surface area contributed by atoms with E-state index in [9.17, 15) is 4.79 Å². The van der Waals surface area contributed by atoms with Crippen molar-refractivity contribution < 1.29 is 13.6 Å². The third-order valence-electron chi connectivity index (χ3n) is 2.69. The molecular weight excluding hydrogens is 274 g/mol. The molecule has 3 aromatic rings. The highest BCUT2D eigenvalue weighted by atomic mass is 16.4. The zero-order chi connectivity index (χ0) is 14.7. The molecule has 0 spiro atoms. The lowest BCUT2D eigenvalue weighted by Gasteiger charge is -2.14. The van der Waals surface area contributed by atoms with E-state index >= 15 is 0 Å². The first-order valence-electron chi connectivity index (χ1n) is 6.08. The maximum atomic E-state index is 11.6. The minimum Gasteiger partial charge on any atom is -0.459 e. The summed E-state index contributed by atoms with van der Waals surface area (Å²) in [5.74, 6) is 0.582. The van der Waals surface area contributed by atoms with Crippen LogP contribution in [0.2, 0.25) is 0 Å². The highest BCUT2D eigenvalue weighted by molar-refractivity contribution is 5.88. The molecule has 0 bridgehead atoms. The number of primary amides is 1. The number of furan rings is 1. The molecule has 106 valence electrons. The van der Waals surface area contributed by atoms with Crippen molar-refractivity contribution in [3.8, 4) is 11.7 Å². The van der Waals surface area contributed by atoms with E-state index in [0.29, 0.717) is 11.5 Å². The lowest BCUT2D eigenvalue weighted by atomic mass is 10.3. The molecule has 0 fully saturated rings. The SMILES string of the molecule is NC(=O)N(Cc1ccccn1)c1nnc(-c2ccco2)o1. The zero-order valence-electron chi connectivity index (χ0n) is 10.8. The molecule has 2 amide bonds. The Bertz CT molecular complexity index is 723. The van der Waals surface area contributed by atoms with Gasteiger partial charge in [-0.25, -0.2) is 9.69 Å². The summed E-state index contributed by atoms with van der Waals surface area (Å²) in [5.41, 5.74) is 6.00. The van der Waals surface area contributed by atoms with Crippen LogP contribution in [0, 0.1) is 0 Å². The van der Waals surface area contributed by atoms with E-state index in [1.807, 2.05) is 6.07 Å². The van der Waals surface area contributed by atoms with Crippen molar-refractivity contribution in [3.63, 3.8) is 0 Å². The van der Waals surface area contributed by atoms with Crippen LogP contribution < -0.4 is 10.6 Å². The Labute approximate surface area is 119 Å². The number of pyridine rings is 1. The van der Waals surface area contributed by atoms with E-state index in [4.69, 9.17) is 14.6 Å². The van der Waals surface area contributed by atoms with Crippen molar-refractivity contribution in [2.75, 3.05) is 4.90 Å². The second kappa shape index (κ2) is 5.45. The quantitative estimate of drug-likeness (QED) is 0.782. The first-order valence-corrected chi connectivity index (χ1v) is 6.08. The molecule has 8 nitrogen and oxygen atoms in total. The van der Waals surface area contributed by atoms with E-state index in [1.54, 1.807) is 30.5 Å². The number of hydrogen-bond acceptors (Lipinski definition) is 6. The van der Waals surface area contributed by atoms with Crippen molar-refractivity contribution in [2.45, 2.75) is 6.54 Å². The van der Waals surface area contributed by atoms with Crippen LogP contribution in [0.15, 0.2) is 51.6 Å². The smallest absolute Gasteiger partial charge is 0.327 e. The van der Waals surface area contributed by atoms with E-state index in [0.717, 1.165) is 4.90 Å². The monoisotopic (exact) mass is 285 g/mol. The Hall–Kier alpha value is -3.16. The largest absolute Gasteiger partial charge is 0.459 e. The highest BCUT2D eigenvalue weighted by Gasteiger charge is 2.21. The molecule has 0 aromatic carbocycles. The Balaban J connectivity index is 1.86. The summed E-state index contributed by atoms with van der Waals surface area (Å²) >= 11 is 0. The number of carbonyl (C=O) groups excluding carboxylic acids is 1. The number of nitrogens with zero attached hydrogens (tertiary/aromatic N) is 4. The number of nitrogens with two attached hydrogens (primary N) is 1. The van der Waals surface area contributed by atoms with Crippen LogP contribution in [0.5, 0.6) is 0 Å². The minimum absolute atomic E-state index is 0.0143. The van der Waals surface area contributed by atoms with Gasteiger partial charge in [0, 0.05) is 6.20 Å². The van der Waals surface area contributed by atoms with Crippen molar-refractivity contribution in [1.82, 2.24) is 15.2 Å². The van der Waals surface area contributed by atoms with Gasteiger partial charge in [-0.3, -0.25) is 4.98 Å². The molecule has 0 atom stereocenters. The molecular formula is C13H11N5O3. The zero-order valence-corrected chi connectivity index (χ0v) is 10.8. The molecule has 0 aliphatic rings.